The minimum atomic E-state index is -0.687. The normalized spacial score (nSPS) is 32.6. The molecule has 0 heterocycles. The molecule has 11 fully saturated rings. The Balaban J connectivity index is 0.940. The summed E-state index contributed by atoms with van der Waals surface area (Å²) >= 11 is 0. The van der Waals surface area contributed by atoms with Crippen LogP contribution >= 0.6 is 0 Å². The molecule has 11 aliphatic rings. The number of carbonyl (C=O) groups is 10. The number of unbranched alkanes of at least 4 members (excludes halogenated alkanes) is 9. The minimum absolute atomic E-state index is 0.00918. The van der Waals surface area contributed by atoms with E-state index in [1.807, 2.05) is 13.8 Å². The van der Waals surface area contributed by atoms with Crippen LogP contribution in [0, 0.1) is 177 Å². The number of hydrogen-bond donors (Lipinski definition) is 0. The molecule has 0 saturated heterocycles. The molecule has 0 aromatic carbocycles. The molecule has 24 atom stereocenters. The Morgan fingerprint density at radius 3 is 1.70 bits per heavy atom. The SMILES string of the molecule is CCCCCCC1CC(=O)[C@H](CCCCC(C)C(C)C)CC(=O)[C@H](CC2CCC3CCCCC32)CC(=O)CCC(=O)CCCCC(CCCCCCCC(C)(C)C)CCCC2CCC(CC2)CC(C2CC(C(=O)CC3(C(=O)CC(CCCCC(C)C(C)=O)C(CCC)C[C@@H](C)C(C)CC4CC5CCCCC5C(CC(=O)C(C)C)C4=O)CCCCC3)CC3CC4CCCCC4CC32)CCC1=O. The van der Waals surface area contributed by atoms with Gasteiger partial charge in [0.15, 0.2) is 0 Å². The van der Waals surface area contributed by atoms with Gasteiger partial charge in [0, 0.05) is 117 Å². The fourth-order valence-corrected chi connectivity index (χ4v) is 31.1. The van der Waals surface area contributed by atoms with E-state index in [0.717, 1.165) is 193 Å². The molecule has 0 aliphatic heterocycles. The Labute approximate surface area is 830 Å². The molecular formula is C125H212O10. The Kier molecular flexibility index (Phi) is 49.3. The van der Waals surface area contributed by atoms with Crippen LogP contribution in [0.15, 0.2) is 0 Å². The van der Waals surface area contributed by atoms with Crippen LogP contribution < -0.4 is 0 Å². The number of hydrogen-bond acceptors (Lipinski definition) is 10. The van der Waals surface area contributed by atoms with Gasteiger partial charge >= 0.3 is 0 Å². The zero-order chi connectivity index (χ0) is 97.1. The highest BCUT2D eigenvalue weighted by Gasteiger charge is 2.53. The first-order chi connectivity index (χ1) is 64.8. The van der Waals surface area contributed by atoms with E-state index < -0.39 is 23.2 Å². The zero-order valence-corrected chi connectivity index (χ0v) is 90.5. The third-order valence-corrected chi connectivity index (χ3v) is 40.6. The first-order valence-electron chi connectivity index (χ1n) is 60.0. The molecule has 11 rings (SSSR count). The summed E-state index contributed by atoms with van der Waals surface area (Å²) < 4.78 is 0. The smallest absolute Gasteiger partial charge is 0.139 e. The van der Waals surface area contributed by atoms with E-state index in [4.69, 9.17) is 0 Å². The summed E-state index contributed by atoms with van der Waals surface area (Å²) in [5.74, 6) is 10.1. The van der Waals surface area contributed by atoms with Crippen LogP contribution in [0.4, 0.5) is 0 Å². The Morgan fingerprint density at radius 1 is 0.407 bits per heavy atom. The van der Waals surface area contributed by atoms with Crippen molar-refractivity contribution in [3.05, 3.63) is 0 Å². The fourth-order valence-electron chi connectivity index (χ4n) is 31.1. The zero-order valence-electron chi connectivity index (χ0n) is 90.5. The van der Waals surface area contributed by atoms with Crippen LogP contribution in [0.5, 0.6) is 0 Å². The van der Waals surface area contributed by atoms with E-state index in [-0.39, 0.29) is 114 Å². The molecule has 10 heteroatoms. The van der Waals surface area contributed by atoms with E-state index in [1.54, 1.807) is 6.92 Å². The molecule has 772 valence electrons. The monoisotopic (exact) mass is 1870 g/mol. The minimum Gasteiger partial charge on any atom is -0.300 e. The summed E-state index contributed by atoms with van der Waals surface area (Å²) in [5, 5.41) is 0. The highest BCUT2D eigenvalue weighted by atomic mass is 16.2. The van der Waals surface area contributed by atoms with Gasteiger partial charge in [0.1, 0.15) is 57.8 Å². The number of Topliss-reactive ketones (excluding diaryl/α,β-unsaturated/α-hetero) is 10. The topological polar surface area (TPSA) is 171 Å². The van der Waals surface area contributed by atoms with Crippen molar-refractivity contribution < 1.29 is 47.9 Å². The summed E-state index contributed by atoms with van der Waals surface area (Å²) in [5.41, 5.74) is -0.307. The Morgan fingerprint density at radius 2 is 1.00 bits per heavy atom. The van der Waals surface area contributed by atoms with Crippen molar-refractivity contribution in [2.24, 2.45) is 177 Å². The third-order valence-electron chi connectivity index (χ3n) is 40.6. The standard InChI is InChI=1S/C125H212O10/c1-15-17-18-24-53-104-81-119(131)105(54-29-25-42-88(7)86(3)4)82-120(132)107(75-103-63-62-96-48-32-35-56-112(96)103)78-111(128)66-65-110(127)55-34-27-45-93(44-23-20-19-21-37-68-124(12,13)14)46-40-47-94-58-60-95(61-59-94)73-102(64-67-117(104)129)114-80-108(77-106-74-98-49-30-31-50-99(98)79-115(106)114)121(133)85-125(69-38-22-39-70-125)122(134)83-100(51-28-26-43-89(8)92(11)126)97(41-16-2)71-90(9)91(10)72-109-76-101-52-33-36-57-113(101)116(123(109)135)84-118(130)87(5)6/h86-91,93-109,112-116H,15-85H2,1-14H3/t88?,89?,90-,91?,93?,94?,95?,96?,97?,98?,99?,100?,101?,102?,103?,104?,105-,106?,107-,108?,109?,112?,113?,114?,115?,116?/m1/s1. The van der Waals surface area contributed by atoms with Gasteiger partial charge in [-0.15, -0.1) is 0 Å². The maximum Gasteiger partial charge on any atom is 0.139 e. The predicted octanol–water partition coefficient (Wildman–Crippen LogP) is 34.0. The second-order valence-corrected chi connectivity index (χ2v) is 52.3. The van der Waals surface area contributed by atoms with Crippen LogP contribution in [0.25, 0.3) is 0 Å². The summed E-state index contributed by atoms with van der Waals surface area (Å²) in [6, 6.07) is 0. The fraction of sp³-hybridized carbons (Fsp3) is 0.920. The van der Waals surface area contributed by atoms with Crippen LogP contribution in [0.2, 0.25) is 0 Å². The summed E-state index contributed by atoms with van der Waals surface area (Å²) in [7, 11) is 0. The van der Waals surface area contributed by atoms with Crippen molar-refractivity contribution in [1.29, 1.82) is 0 Å². The van der Waals surface area contributed by atoms with Gasteiger partial charge in [0.25, 0.3) is 0 Å². The average Bonchev–Trinajstić information content (AvgIpc) is 1.48. The first-order valence-corrected chi connectivity index (χ1v) is 60.0. The Hall–Kier alpha value is -3.30. The van der Waals surface area contributed by atoms with Crippen LogP contribution in [-0.4, -0.2) is 57.8 Å². The lowest BCUT2D eigenvalue weighted by Gasteiger charge is -2.53. The molecule has 21 unspecified atom stereocenters. The van der Waals surface area contributed by atoms with E-state index in [9.17, 15) is 24.0 Å². The van der Waals surface area contributed by atoms with Gasteiger partial charge < -0.3 is 0 Å². The van der Waals surface area contributed by atoms with Crippen molar-refractivity contribution in [2.75, 3.05) is 0 Å². The molecule has 2 bridgehead atoms. The van der Waals surface area contributed by atoms with Gasteiger partial charge in [-0.25, -0.2) is 0 Å². The van der Waals surface area contributed by atoms with Crippen LogP contribution in [0.1, 0.15) is 553 Å². The van der Waals surface area contributed by atoms with E-state index in [1.165, 1.54) is 180 Å². The van der Waals surface area contributed by atoms with E-state index in [0.29, 0.717) is 181 Å². The van der Waals surface area contributed by atoms with Crippen molar-refractivity contribution >= 4 is 57.8 Å². The molecule has 0 aromatic heterocycles. The number of carbonyl (C=O) groups excluding carboxylic acids is 10. The summed E-state index contributed by atoms with van der Waals surface area (Å²) in [4.78, 5) is 151. The maximum atomic E-state index is 16.6. The van der Waals surface area contributed by atoms with Gasteiger partial charge in [0.05, 0.1) is 0 Å². The molecule has 135 heavy (non-hydrogen) atoms. The van der Waals surface area contributed by atoms with Crippen molar-refractivity contribution in [1.82, 2.24) is 0 Å². The highest BCUT2D eigenvalue weighted by Crippen LogP contribution is 2.59. The third kappa shape index (κ3) is 36.8. The lowest BCUT2D eigenvalue weighted by Crippen LogP contribution is -2.46. The second kappa shape index (κ2) is 58.6. The lowest BCUT2D eigenvalue weighted by atomic mass is 9.52. The van der Waals surface area contributed by atoms with Crippen molar-refractivity contribution in [3.63, 3.8) is 0 Å². The highest BCUT2D eigenvalue weighted by molar-refractivity contribution is 5.95. The van der Waals surface area contributed by atoms with Crippen molar-refractivity contribution in [2.45, 2.75) is 553 Å². The number of ketones is 10. The van der Waals surface area contributed by atoms with Crippen molar-refractivity contribution in [3.8, 4) is 0 Å². The molecular weight excluding hydrogens is 1660 g/mol. The van der Waals surface area contributed by atoms with Gasteiger partial charge in [0.2, 0.25) is 0 Å². The molecule has 0 radical (unpaired) electrons. The molecule has 0 spiro atoms. The Bertz CT molecular complexity index is 3540. The average molecular weight is 1880 g/mol. The number of rotatable bonds is 44. The largest absolute Gasteiger partial charge is 0.300 e. The molecule has 11 saturated carbocycles. The molecule has 0 aromatic rings. The maximum absolute atomic E-state index is 16.6. The molecule has 0 amide bonds. The van der Waals surface area contributed by atoms with Crippen LogP contribution in [0.3, 0.4) is 0 Å². The van der Waals surface area contributed by atoms with E-state index in [2.05, 4.69) is 76.2 Å². The van der Waals surface area contributed by atoms with Gasteiger partial charge in [-0.3, -0.25) is 47.9 Å². The molecule has 10 nitrogen and oxygen atoms in total. The molecule has 11 aliphatic carbocycles. The first kappa shape index (κ1) is 114. The second-order valence-electron chi connectivity index (χ2n) is 52.3. The van der Waals surface area contributed by atoms with E-state index >= 15 is 24.0 Å². The quantitative estimate of drug-likeness (QED) is 0.0535. The number of fused-ring (bicyclic) bond motifs is 30. The van der Waals surface area contributed by atoms with Gasteiger partial charge in [-0.05, 0) is 272 Å². The predicted molar refractivity (Wildman–Crippen MR) is 560 cm³/mol. The van der Waals surface area contributed by atoms with Crippen LogP contribution in [-0.2, 0) is 47.9 Å². The molecule has 0 N–H and O–H groups in total. The lowest BCUT2D eigenvalue weighted by molar-refractivity contribution is -0.141. The van der Waals surface area contributed by atoms with Gasteiger partial charge in [-0.2, -0.15) is 0 Å². The summed E-state index contributed by atoms with van der Waals surface area (Å²) in [6.07, 6.45) is 69.5. The summed E-state index contributed by atoms with van der Waals surface area (Å²) in [6.45, 7) is 31.2. The van der Waals surface area contributed by atoms with Gasteiger partial charge in [-0.1, -0.05) is 340 Å².